The SMILES string of the molecule is O=C(NCc1nnc2ccccn12)c1cccc(S(=O)(=O)N2CCN(Cc3ccccc3)CC2)c1. The zero-order valence-electron chi connectivity index (χ0n) is 19.1. The van der Waals surface area contributed by atoms with Crippen molar-refractivity contribution in [1.82, 2.24) is 29.1 Å². The number of amides is 1. The summed E-state index contributed by atoms with van der Waals surface area (Å²) in [6, 6.07) is 21.9. The van der Waals surface area contributed by atoms with Crippen LogP contribution in [0, 0.1) is 0 Å². The molecule has 1 N–H and O–H groups in total. The van der Waals surface area contributed by atoms with Gasteiger partial charge in [-0.15, -0.1) is 10.2 Å². The summed E-state index contributed by atoms with van der Waals surface area (Å²) in [6.45, 7) is 3.09. The molecule has 3 heterocycles. The Morgan fingerprint density at radius 1 is 0.886 bits per heavy atom. The summed E-state index contributed by atoms with van der Waals surface area (Å²) < 4.78 is 29.8. The molecular weight excluding hydrogens is 464 g/mol. The van der Waals surface area contributed by atoms with E-state index in [0.29, 0.717) is 37.7 Å². The summed E-state index contributed by atoms with van der Waals surface area (Å²) in [5.74, 6) is 0.216. The first-order valence-corrected chi connectivity index (χ1v) is 12.9. The number of hydrogen-bond donors (Lipinski definition) is 1. The summed E-state index contributed by atoms with van der Waals surface area (Å²) in [7, 11) is -3.70. The molecular formula is C25H26N6O3S. The molecule has 0 radical (unpaired) electrons. The molecule has 9 nitrogen and oxygen atoms in total. The average molecular weight is 491 g/mol. The van der Waals surface area contributed by atoms with Gasteiger partial charge in [0.1, 0.15) is 0 Å². The molecule has 0 atom stereocenters. The number of pyridine rings is 1. The minimum atomic E-state index is -3.70. The van der Waals surface area contributed by atoms with Crippen molar-refractivity contribution in [3.8, 4) is 0 Å². The van der Waals surface area contributed by atoms with Crippen LogP contribution in [0.2, 0.25) is 0 Å². The average Bonchev–Trinajstić information content (AvgIpc) is 3.31. The second-order valence-electron chi connectivity index (χ2n) is 8.42. The smallest absolute Gasteiger partial charge is 0.251 e. The molecule has 180 valence electrons. The highest BCUT2D eigenvalue weighted by Crippen LogP contribution is 2.20. The van der Waals surface area contributed by atoms with Gasteiger partial charge in [0.05, 0.1) is 11.4 Å². The molecule has 0 unspecified atom stereocenters. The van der Waals surface area contributed by atoms with Crippen LogP contribution in [0.4, 0.5) is 0 Å². The van der Waals surface area contributed by atoms with Gasteiger partial charge in [0.2, 0.25) is 10.0 Å². The number of rotatable bonds is 7. The Kier molecular flexibility index (Phi) is 6.58. The third-order valence-corrected chi connectivity index (χ3v) is 8.00. The lowest BCUT2D eigenvalue weighted by atomic mass is 10.2. The Morgan fingerprint density at radius 3 is 2.46 bits per heavy atom. The molecule has 0 saturated carbocycles. The van der Waals surface area contributed by atoms with Gasteiger partial charge >= 0.3 is 0 Å². The molecule has 1 aliphatic heterocycles. The largest absolute Gasteiger partial charge is 0.345 e. The van der Waals surface area contributed by atoms with Gasteiger partial charge in [-0.3, -0.25) is 14.1 Å². The number of aromatic nitrogens is 3. The van der Waals surface area contributed by atoms with Crippen LogP contribution < -0.4 is 5.32 Å². The van der Waals surface area contributed by atoms with E-state index in [2.05, 4.69) is 32.5 Å². The first-order chi connectivity index (χ1) is 17.0. The molecule has 2 aromatic heterocycles. The minimum Gasteiger partial charge on any atom is -0.345 e. The number of hydrogen-bond acceptors (Lipinski definition) is 6. The highest BCUT2D eigenvalue weighted by molar-refractivity contribution is 7.89. The predicted molar refractivity (Wildman–Crippen MR) is 131 cm³/mol. The van der Waals surface area contributed by atoms with E-state index in [-0.39, 0.29) is 22.9 Å². The highest BCUT2D eigenvalue weighted by Gasteiger charge is 2.29. The lowest BCUT2D eigenvalue weighted by Gasteiger charge is -2.34. The van der Waals surface area contributed by atoms with Crippen molar-refractivity contribution < 1.29 is 13.2 Å². The lowest BCUT2D eigenvalue weighted by Crippen LogP contribution is -2.48. The fourth-order valence-electron chi connectivity index (χ4n) is 4.19. The lowest BCUT2D eigenvalue weighted by molar-refractivity contribution is 0.0949. The van der Waals surface area contributed by atoms with Crippen molar-refractivity contribution in [1.29, 1.82) is 0 Å². The van der Waals surface area contributed by atoms with Gasteiger partial charge in [-0.25, -0.2) is 8.42 Å². The summed E-state index contributed by atoms with van der Waals surface area (Å²) in [5.41, 5.74) is 2.18. The van der Waals surface area contributed by atoms with E-state index in [1.54, 1.807) is 16.5 Å². The summed E-state index contributed by atoms with van der Waals surface area (Å²) in [4.78, 5) is 15.1. The maximum Gasteiger partial charge on any atom is 0.251 e. The number of carbonyl (C=O) groups is 1. The van der Waals surface area contributed by atoms with Crippen LogP contribution in [0.3, 0.4) is 0 Å². The normalized spacial score (nSPS) is 15.3. The maximum absolute atomic E-state index is 13.3. The van der Waals surface area contributed by atoms with E-state index in [4.69, 9.17) is 0 Å². The molecule has 0 aliphatic carbocycles. The standard InChI is InChI=1S/C25H26N6O3S/c32-25(26-18-24-28-27-23-11-4-5-12-31(23)24)21-9-6-10-22(17-21)35(33,34)30-15-13-29(14-16-30)19-20-7-2-1-3-8-20/h1-12,17H,13-16,18-19H2,(H,26,32). The van der Waals surface area contributed by atoms with Gasteiger partial charge in [-0.2, -0.15) is 4.31 Å². The Morgan fingerprint density at radius 2 is 1.66 bits per heavy atom. The second-order valence-corrected chi connectivity index (χ2v) is 10.4. The summed E-state index contributed by atoms with van der Waals surface area (Å²) in [6.07, 6.45) is 1.82. The molecule has 1 saturated heterocycles. The Hall–Kier alpha value is -3.60. The van der Waals surface area contributed by atoms with Crippen molar-refractivity contribution in [3.63, 3.8) is 0 Å². The van der Waals surface area contributed by atoms with Crippen molar-refractivity contribution in [2.45, 2.75) is 18.0 Å². The molecule has 35 heavy (non-hydrogen) atoms. The third kappa shape index (κ3) is 5.09. The Bertz CT molecular complexity index is 1430. The van der Waals surface area contributed by atoms with Gasteiger partial charge in [0.25, 0.3) is 5.91 Å². The molecule has 4 aromatic rings. The van der Waals surface area contributed by atoms with Crippen LogP contribution in [0.25, 0.3) is 5.65 Å². The molecule has 2 aromatic carbocycles. The second kappa shape index (κ2) is 9.95. The van der Waals surface area contributed by atoms with Crippen molar-refractivity contribution >= 4 is 21.6 Å². The molecule has 1 fully saturated rings. The van der Waals surface area contributed by atoms with Crippen LogP contribution in [0.5, 0.6) is 0 Å². The van der Waals surface area contributed by atoms with Crippen molar-refractivity contribution in [3.05, 3.63) is 95.9 Å². The van der Waals surface area contributed by atoms with Gasteiger partial charge < -0.3 is 5.32 Å². The number of benzene rings is 2. The predicted octanol–water partition coefficient (Wildman–Crippen LogP) is 2.17. The van der Waals surface area contributed by atoms with Crippen LogP contribution in [-0.2, 0) is 23.1 Å². The molecule has 1 amide bonds. The zero-order valence-corrected chi connectivity index (χ0v) is 19.9. The fraction of sp³-hybridized carbons (Fsp3) is 0.240. The van der Waals surface area contributed by atoms with Crippen LogP contribution in [-0.4, -0.2) is 64.3 Å². The maximum atomic E-state index is 13.3. The van der Waals surface area contributed by atoms with Gasteiger partial charge in [0, 0.05) is 44.5 Å². The first kappa shape index (κ1) is 23.2. The van der Waals surface area contributed by atoms with Crippen molar-refractivity contribution in [2.75, 3.05) is 26.2 Å². The Balaban J connectivity index is 1.22. The number of carbonyl (C=O) groups excluding carboxylic acids is 1. The van der Waals surface area contributed by atoms with E-state index in [0.717, 1.165) is 6.54 Å². The van der Waals surface area contributed by atoms with Crippen LogP contribution in [0.15, 0.2) is 83.9 Å². The topological polar surface area (TPSA) is 99.9 Å². The first-order valence-electron chi connectivity index (χ1n) is 11.4. The van der Waals surface area contributed by atoms with Gasteiger partial charge in [-0.1, -0.05) is 42.5 Å². The van der Waals surface area contributed by atoms with E-state index in [1.807, 2.05) is 42.6 Å². The molecule has 0 spiro atoms. The molecule has 1 aliphatic rings. The number of nitrogens with zero attached hydrogens (tertiary/aromatic N) is 5. The number of fused-ring (bicyclic) bond motifs is 1. The number of sulfonamides is 1. The molecule has 5 rings (SSSR count). The van der Waals surface area contributed by atoms with E-state index in [9.17, 15) is 13.2 Å². The minimum absolute atomic E-state index is 0.120. The number of nitrogens with one attached hydrogen (secondary N) is 1. The third-order valence-electron chi connectivity index (χ3n) is 6.11. The zero-order chi connectivity index (χ0) is 24.3. The van der Waals surface area contributed by atoms with E-state index >= 15 is 0 Å². The van der Waals surface area contributed by atoms with Crippen LogP contribution >= 0.6 is 0 Å². The highest BCUT2D eigenvalue weighted by atomic mass is 32.2. The molecule has 0 bridgehead atoms. The summed E-state index contributed by atoms with van der Waals surface area (Å²) in [5, 5.41) is 11.0. The summed E-state index contributed by atoms with van der Waals surface area (Å²) >= 11 is 0. The van der Waals surface area contributed by atoms with Gasteiger partial charge in [0.15, 0.2) is 11.5 Å². The quantitative estimate of drug-likeness (QED) is 0.426. The van der Waals surface area contributed by atoms with Crippen molar-refractivity contribution in [2.24, 2.45) is 0 Å². The van der Waals surface area contributed by atoms with E-state index in [1.165, 1.54) is 22.0 Å². The Labute approximate surface area is 204 Å². The molecule has 10 heteroatoms. The van der Waals surface area contributed by atoms with Crippen LogP contribution in [0.1, 0.15) is 21.7 Å². The number of piperazine rings is 1. The monoisotopic (exact) mass is 490 g/mol. The fourth-order valence-corrected chi connectivity index (χ4v) is 5.66. The van der Waals surface area contributed by atoms with Gasteiger partial charge in [-0.05, 0) is 35.9 Å². The van der Waals surface area contributed by atoms with E-state index < -0.39 is 10.0 Å².